The van der Waals surface area contributed by atoms with E-state index in [9.17, 15) is 0 Å². The topological polar surface area (TPSA) is 70.8 Å². The molecule has 0 amide bonds. The highest BCUT2D eigenvalue weighted by atomic mass is 32.2. The van der Waals surface area contributed by atoms with E-state index in [4.69, 9.17) is 19.3 Å². The van der Waals surface area contributed by atoms with Crippen LogP contribution in [-0.4, -0.2) is 46.7 Å². The Bertz CT molecular complexity index is 1010. The molecule has 1 aromatic carbocycles. The van der Waals surface area contributed by atoms with Gasteiger partial charge in [0.1, 0.15) is 17.2 Å². The SMILES string of the molecule is COc1cc(OC)c(-c2cc(C)nc3nc(SCC4CCCCC4)nn23)c(OC)c1. The Kier molecular flexibility index (Phi) is 6.32. The van der Waals surface area contributed by atoms with Crippen molar-refractivity contribution in [3.05, 3.63) is 23.9 Å². The molecule has 1 fully saturated rings. The lowest BCUT2D eigenvalue weighted by Gasteiger charge is -2.20. The Morgan fingerprint density at radius 2 is 1.67 bits per heavy atom. The molecule has 7 nitrogen and oxygen atoms in total. The highest BCUT2D eigenvalue weighted by Gasteiger charge is 2.21. The van der Waals surface area contributed by atoms with Crippen LogP contribution in [-0.2, 0) is 0 Å². The minimum absolute atomic E-state index is 0.580. The lowest BCUT2D eigenvalue weighted by molar-refractivity contribution is 0.377. The van der Waals surface area contributed by atoms with Crippen molar-refractivity contribution >= 4 is 17.5 Å². The van der Waals surface area contributed by atoms with Gasteiger partial charge >= 0.3 is 0 Å². The molecular formula is C22H28N4O3S. The first-order chi connectivity index (χ1) is 14.6. The number of hydrogen-bond donors (Lipinski definition) is 0. The molecule has 2 heterocycles. The molecule has 1 aliphatic carbocycles. The Balaban J connectivity index is 1.75. The fourth-order valence-corrected chi connectivity index (χ4v) is 5.02. The van der Waals surface area contributed by atoms with Gasteiger partial charge in [-0.2, -0.15) is 9.50 Å². The van der Waals surface area contributed by atoms with Gasteiger partial charge in [-0.05, 0) is 31.7 Å². The van der Waals surface area contributed by atoms with Crippen molar-refractivity contribution in [2.45, 2.75) is 44.2 Å². The van der Waals surface area contributed by atoms with E-state index in [0.29, 0.717) is 23.0 Å². The molecule has 0 N–H and O–H groups in total. The van der Waals surface area contributed by atoms with Crippen molar-refractivity contribution in [3.8, 4) is 28.5 Å². The van der Waals surface area contributed by atoms with Crippen LogP contribution >= 0.6 is 11.8 Å². The third kappa shape index (κ3) is 4.19. The number of fused-ring (bicyclic) bond motifs is 1. The molecule has 30 heavy (non-hydrogen) atoms. The van der Waals surface area contributed by atoms with Gasteiger partial charge in [-0.1, -0.05) is 31.0 Å². The van der Waals surface area contributed by atoms with Gasteiger partial charge in [-0.25, -0.2) is 4.98 Å². The number of methoxy groups -OCH3 is 3. The summed E-state index contributed by atoms with van der Waals surface area (Å²) in [6.07, 6.45) is 6.66. The zero-order valence-corrected chi connectivity index (χ0v) is 18.8. The second-order valence-corrected chi connectivity index (χ2v) is 8.60. The van der Waals surface area contributed by atoms with Gasteiger partial charge in [-0.3, -0.25) is 0 Å². The fraction of sp³-hybridized carbons (Fsp3) is 0.500. The standard InChI is InChI=1S/C22H28N4O3S/c1-14-10-17(20-18(28-3)11-16(27-2)12-19(20)29-4)26-21(23-14)24-22(25-26)30-13-15-8-6-5-7-9-15/h10-12,15H,5-9,13H2,1-4H3. The monoisotopic (exact) mass is 428 g/mol. The van der Waals surface area contributed by atoms with Crippen molar-refractivity contribution in [2.75, 3.05) is 27.1 Å². The highest BCUT2D eigenvalue weighted by Crippen LogP contribution is 2.42. The minimum Gasteiger partial charge on any atom is -0.496 e. The van der Waals surface area contributed by atoms with Crippen molar-refractivity contribution < 1.29 is 14.2 Å². The van der Waals surface area contributed by atoms with E-state index in [1.54, 1.807) is 37.6 Å². The average molecular weight is 429 g/mol. The van der Waals surface area contributed by atoms with Crippen LogP contribution in [0, 0.1) is 12.8 Å². The van der Waals surface area contributed by atoms with Crippen LogP contribution in [0.15, 0.2) is 23.4 Å². The van der Waals surface area contributed by atoms with Crippen LogP contribution in [0.4, 0.5) is 0 Å². The molecule has 160 valence electrons. The number of thioether (sulfide) groups is 1. The fourth-order valence-electron chi connectivity index (χ4n) is 4.01. The van der Waals surface area contributed by atoms with Crippen molar-refractivity contribution in [1.29, 1.82) is 0 Å². The largest absolute Gasteiger partial charge is 0.496 e. The van der Waals surface area contributed by atoms with Gasteiger partial charge < -0.3 is 14.2 Å². The molecule has 0 bridgehead atoms. The van der Waals surface area contributed by atoms with E-state index < -0.39 is 0 Å². The molecule has 3 aromatic rings. The van der Waals surface area contributed by atoms with Gasteiger partial charge in [0.05, 0.1) is 32.6 Å². The van der Waals surface area contributed by atoms with Crippen LogP contribution in [0.1, 0.15) is 37.8 Å². The third-order valence-electron chi connectivity index (χ3n) is 5.56. The average Bonchev–Trinajstić information content (AvgIpc) is 3.19. The molecule has 1 saturated carbocycles. The Labute approximate surface area is 181 Å². The molecule has 4 rings (SSSR count). The maximum absolute atomic E-state index is 5.66. The first-order valence-corrected chi connectivity index (χ1v) is 11.3. The van der Waals surface area contributed by atoms with Crippen LogP contribution in [0.25, 0.3) is 17.0 Å². The summed E-state index contributed by atoms with van der Waals surface area (Å²) in [7, 11) is 4.89. The first-order valence-electron chi connectivity index (χ1n) is 10.3. The van der Waals surface area contributed by atoms with Gasteiger partial charge in [-0.15, -0.1) is 5.10 Å². The Morgan fingerprint density at radius 3 is 2.30 bits per heavy atom. The number of benzene rings is 1. The second-order valence-electron chi connectivity index (χ2n) is 7.61. The molecule has 0 spiro atoms. The first kappa shape index (κ1) is 20.8. The van der Waals surface area contributed by atoms with Crippen LogP contribution in [0.2, 0.25) is 0 Å². The summed E-state index contributed by atoms with van der Waals surface area (Å²) >= 11 is 1.72. The highest BCUT2D eigenvalue weighted by molar-refractivity contribution is 7.99. The molecule has 2 aromatic heterocycles. The number of nitrogens with zero attached hydrogens (tertiary/aromatic N) is 4. The number of hydrogen-bond acceptors (Lipinski definition) is 7. The van der Waals surface area contributed by atoms with Gasteiger partial charge in [0.25, 0.3) is 5.78 Å². The summed E-state index contributed by atoms with van der Waals surface area (Å²) in [4.78, 5) is 9.28. The zero-order valence-electron chi connectivity index (χ0n) is 18.0. The summed E-state index contributed by atoms with van der Waals surface area (Å²) in [5.41, 5.74) is 2.48. The van der Waals surface area contributed by atoms with Crippen LogP contribution in [0.3, 0.4) is 0 Å². The quantitative estimate of drug-likeness (QED) is 0.501. The minimum atomic E-state index is 0.580. The molecule has 8 heteroatoms. The molecule has 0 aliphatic heterocycles. The maximum atomic E-state index is 5.66. The molecule has 0 unspecified atom stereocenters. The smallest absolute Gasteiger partial charge is 0.253 e. The summed E-state index contributed by atoms with van der Waals surface area (Å²) in [6, 6.07) is 5.66. The predicted octanol–water partition coefficient (Wildman–Crippen LogP) is 4.80. The van der Waals surface area contributed by atoms with Crippen molar-refractivity contribution in [1.82, 2.24) is 19.6 Å². The lowest BCUT2D eigenvalue weighted by Crippen LogP contribution is -2.08. The van der Waals surface area contributed by atoms with Crippen LogP contribution < -0.4 is 14.2 Å². The zero-order chi connectivity index (χ0) is 21.1. The molecule has 0 saturated heterocycles. The predicted molar refractivity (Wildman–Crippen MR) is 118 cm³/mol. The van der Waals surface area contributed by atoms with E-state index >= 15 is 0 Å². The van der Waals surface area contributed by atoms with E-state index in [-0.39, 0.29) is 0 Å². The van der Waals surface area contributed by atoms with Gasteiger partial charge in [0.2, 0.25) is 5.16 Å². The summed E-state index contributed by atoms with van der Waals surface area (Å²) in [5.74, 6) is 4.34. The number of aromatic nitrogens is 4. The third-order valence-corrected chi connectivity index (χ3v) is 6.63. The molecule has 1 aliphatic rings. The lowest BCUT2D eigenvalue weighted by atomic mass is 9.91. The Hall–Kier alpha value is -2.48. The second kappa shape index (κ2) is 9.12. The van der Waals surface area contributed by atoms with Gasteiger partial charge in [0.15, 0.2) is 0 Å². The van der Waals surface area contributed by atoms with Crippen molar-refractivity contribution in [2.24, 2.45) is 5.92 Å². The number of aryl methyl sites for hydroxylation is 1. The molecule has 0 atom stereocenters. The maximum Gasteiger partial charge on any atom is 0.253 e. The molecular weight excluding hydrogens is 400 g/mol. The van der Waals surface area contributed by atoms with Crippen molar-refractivity contribution in [3.63, 3.8) is 0 Å². The Morgan fingerprint density at radius 1 is 0.967 bits per heavy atom. The normalized spacial score (nSPS) is 14.8. The molecule has 0 radical (unpaired) electrons. The van der Waals surface area contributed by atoms with E-state index in [1.165, 1.54) is 32.1 Å². The summed E-state index contributed by atoms with van der Waals surface area (Å²) in [6.45, 7) is 1.95. The van der Waals surface area contributed by atoms with E-state index in [2.05, 4.69) is 9.97 Å². The van der Waals surface area contributed by atoms with E-state index in [1.807, 2.05) is 25.1 Å². The van der Waals surface area contributed by atoms with Crippen LogP contribution in [0.5, 0.6) is 17.2 Å². The van der Waals surface area contributed by atoms with Gasteiger partial charge in [0, 0.05) is 23.6 Å². The number of rotatable bonds is 7. The summed E-state index contributed by atoms with van der Waals surface area (Å²) < 4.78 is 18.5. The summed E-state index contributed by atoms with van der Waals surface area (Å²) in [5, 5.41) is 5.53. The van der Waals surface area contributed by atoms with E-state index in [0.717, 1.165) is 33.8 Å². The number of ether oxygens (including phenoxy) is 3.